The summed E-state index contributed by atoms with van der Waals surface area (Å²) in [6, 6.07) is 4.79. The average Bonchev–Trinajstić information content (AvgIpc) is 3.18. The van der Waals surface area contributed by atoms with Gasteiger partial charge in [0, 0.05) is 4.88 Å². The molecule has 0 aliphatic carbocycles. The first kappa shape index (κ1) is 20.7. The molecule has 0 saturated heterocycles. The summed E-state index contributed by atoms with van der Waals surface area (Å²) < 4.78 is 42.1. The van der Waals surface area contributed by atoms with E-state index in [4.69, 9.17) is 4.74 Å². The highest BCUT2D eigenvalue weighted by atomic mass is 32.2. The van der Waals surface area contributed by atoms with Gasteiger partial charge >= 0.3 is 5.97 Å². The first-order valence-electron chi connectivity index (χ1n) is 8.72. The lowest BCUT2D eigenvalue weighted by Crippen LogP contribution is -2.16. The Hall–Kier alpha value is -2.04. The van der Waals surface area contributed by atoms with Gasteiger partial charge in [0.15, 0.2) is 0 Å². The van der Waals surface area contributed by atoms with Crippen LogP contribution in [-0.4, -0.2) is 29.7 Å². The minimum atomic E-state index is -3.95. The maximum atomic E-state index is 13.0. The third kappa shape index (κ3) is 4.18. The van der Waals surface area contributed by atoms with E-state index in [0.29, 0.717) is 29.1 Å². The molecule has 0 atom stereocenters. The average molecular weight is 440 g/mol. The molecule has 0 saturated carbocycles. The van der Waals surface area contributed by atoms with Gasteiger partial charge in [-0.25, -0.2) is 13.2 Å². The van der Waals surface area contributed by atoms with Gasteiger partial charge in [-0.2, -0.15) is 8.75 Å². The molecule has 150 valence electrons. The topological polar surface area (TPSA) is 98.3 Å². The van der Waals surface area contributed by atoms with Crippen LogP contribution in [0.15, 0.2) is 23.1 Å². The third-order valence-corrected chi connectivity index (χ3v) is 7.46. The number of benzene rings is 1. The van der Waals surface area contributed by atoms with E-state index in [0.717, 1.165) is 23.0 Å². The smallest absolute Gasteiger partial charge is 0.341 e. The molecule has 10 heteroatoms. The van der Waals surface area contributed by atoms with Crippen LogP contribution in [0.5, 0.6) is 0 Å². The number of esters is 1. The number of hydrogen-bond donors (Lipinski definition) is 1. The van der Waals surface area contributed by atoms with Crippen LogP contribution in [0.2, 0.25) is 0 Å². The number of aryl methyl sites for hydroxylation is 1. The van der Waals surface area contributed by atoms with E-state index in [9.17, 15) is 13.2 Å². The number of anilines is 1. The van der Waals surface area contributed by atoms with Gasteiger partial charge in [-0.15, -0.1) is 11.3 Å². The molecule has 1 N–H and O–H groups in total. The Balaban J connectivity index is 1.93. The molecule has 1 aromatic carbocycles. The largest absolute Gasteiger partial charge is 0.462 e. The van der Waals surface area contributed by atoms with E-state index in [-0.39, 0.29) is 15.5 Å². The Morgan fingerprint density at radius 3 is 2.71 bits per heavy atom. The summed E-state index contributed by atoms with van der Waals surface area (Å²) in [6.07, 6.45) is 0.744. The number of ether oxygens (including phenoxy) is 1. The van der Waals surface area contributed by atoms with Crippen LogP contribution in [0, 0.1) is 19.8 Å². The maximum absolute atomic E-state index is 13.0. The fourth-order valence-electron chi connectivity index (χ4n) is 2.58. The number of carbonyl (C=O) groups is 1. The van der Waals surface area contributed by atoms with E-state index in [1.165, 1.54) is 17.4 Å². The molecule has 0 fully saturated rings. The van der Waals surface area contributed by atoms with Crippen molar-refractivity contribution in [2.75, 3.05) is 11.3 Å². The van der Waals surface area contributed by atoms with Crippen molar-refractivity contribution in [2.45, 2.75) is 39.0 Å². The molecule has 3 aromatic rings. The number of hydrogen-bond acceptors (Lipinski definition) is 8. The van der Waals surface area contributed by atoms with Crippen LogP contribution in [0.25, 0.3) is 11.0 Å². The highest BCUT2D eigenvalue weighted by Gasteiger charge is 2.26. The van der Waals surface area contributed by atoms with Crippen molar-refractivity contribution in [3.63, 3.8) is 0 Å². The van der Waals surface area contributed by atoms with Gasteiger partial charge in [-0.05, 0) is 43.9 Å². The van der Waals surface area contributed by atoms with Gasteiger partial charge in [0.2, 0.25) is 0 Å². The van der Waals surface area contributed by atoms with Crippen molar-refractivity contribution in [1.82, 2.24) is 8.75 Å². The summed E-state index contributed by atoms with van der Waals surface area (Å²) in [6.45, 7) is 8.00. The molecule has 3 rings (SSSR count). The van der Waals surface area contributed by atoms with Gasteiger partial charge in [0.1, 0.15) is 20.9 Å². The minimum Gasteiger partial charge on any atom is -0.462 e. The number of fused-ring (bicyclic) bond motifs is 1. The third-order valence-electron chi connectivity index (χ3n) is 4.28. The molecule has 2 aromatic heterocycles. The molecule has 0 amide bonds. The molecule has 2 heterocycles. The Labute approximate surface area is 172 Å². The van der Waals surface area contributed by atoms with E-state index in [1.54, 1.807) is 19.1 Å². The monoisotopic (exact) mass is 439 g/mol. The number of thiophene rings is 1. The molecule has 7 nitrogen and oxygen atoms in total. The van der Waals surface area contributed by atoms with Crippen molar-refractivity contribution in [2.24, 2.45) is 5.92 Å². The summed E-state index contributed by atoms with van der Waals surface area (Å²) in [7, 11) is -3.95. The van der Waals surface area contributed by atoms with Crippen molar-refractivity contribution in [3.8, 4) is 0 Å². The Morgan fingerprint density at radius 2 is 2.00 bits per heavy atom. The quantitative estimate of drug-likeness (QED) is 0.549. The minimum absolute atomic E-state index is 0.0292. The number of nitrogens with one attached hydrogen (secondary N) is 1. The number of carbonyl (C=O) groups excluding carboxylic acids is 1. The highest BCUT2D eigenvalue weighted by Crippen LogP contribution is 2.35. The summed E-state index contributed by atoms with van der Waals surface area (Å²) in [5.74, 6) is -0.114. The van der Waals surface area contributed by atoms with Crippen LogP contribution in [-0.2, 0) is 14.8 Å². The molecular formula is C18H21N3O4S3. The molecule has 0 spiro atoms. The fraction of sp³-hybridized carbons (Fsp3) is 0.389. The standard InChI is InChI=1S/C18H21N3O4S3/c1-10(2)8-9-25-18(22)15-11(3)12(4)26-17(15)21-28(23,24)14-7-5-6-13-16(14)20-27-19-13/h5-7,10,21H,8-9H2,1-4H3. The predicted molar refractivity (Wildman–Crippen MR) is 112 cm³/mol. The Bertz CT molecular complexity index is 1120. The number of rotatable bonds is 7. The molecule has 0 bridgehead atoms. The van der Waals surface area contributed by atoms with Crippen LogP contribution < -0.4 is 4.72 Å². The maximum Gasteiger partial charge on any atom is 0.341 e. The summed E-state index contributed by atoms with van der Waals surface area (Å²) in [5.41, 5.74) is 1.80. The first-order chi connectivity index (χ1) is 13.2. The van der Waals surface area contributed by atoms with Crippen LogP contribution in [0.4, 0.5) is 5.00 Å². The molecule has 0 radical (unpaired) electrons. The zero-order chi connectivity index (χ0) is 20.5. The van der Waals surface area contributed by atoms with Gasteiger partial charge < -0.3 is 4.74 Å². The lowest BCUT2D eigenvalue weighted by molar-refractivity contribution is 0.0489. The second-order valence-corrected chi connectivity index (χ2v) is 10.2. The van der Waals surface area contributed by atoms with Crippen molar-refractivity contribution in [1.29, 1.82) is 0 Å². The second kappa shape index (κ2) is 8.14. The van der Waals surface area contributed by atoms with E-state index < -0.39 is 16.0 Å². The van der Waals surface area contributed by atoms with Crippen molar-refractivity contribution < 1.29 is 17.9 Å². The predicted octanol–water partition coefficient (Wildman–Crippen LogP) is 4.37. The Kier molecular flexibility index (Phi) is 6.01. The lowest BCUT2D eigenvalue weighted by atomic mass is 10.1. The normalized spacial score (nSPS) is 11.9. The van der Waals surface area contributed by atoms with E-state index in [1.807, 2.05) is 20.8 Å². The van der Waals surface area contributed by atoms with Crippen LogP contribution in [0.1, 0.15) is 41.1 Å². The Morgan fingerprint density at radius 1 is 1.25 bits per heavy atom. The van der Waals surface area contributed by atoms with Crippen molar-refractivity contribution >= 4 is 55.1 Å². The van der Waals surface area contributed by atoms with Crippen LogP contribution in [0.3, 0.4) is 0 Å². The zero-order valence-electron chi connectivity index (χ0n) is 16.0. The summed E-state index contributed by atoms with van der Waals surface area (Å²) in [5, 5.41) is 0.254. The number of aromatic nitrogens is 2. The first-order valence-corrected chi connectivity index (χ1v) is 11.7. The molecule has 28 heavy (non-hydrogen) atoms. The highest BCUT2D eigenvalue weighted by molar-refractivity contribution is 7.93. The molecule has 0 unspecified atom stereocenters. The van der Waals surface area contributed by atoms with Crippen LogP contribution >= 0.6 is 23.1 Å². The lowest BCUT2D eigenvalue weighted by Gasteiger charge is -2.10. The SMILES string of the molecule is Cc1sc(NS(=O)(=O)c2cccc3nsnc23)c(C(=O)OCCC(C)C)c1C. The number of nitrogens with zero attached hydrogens (tertiary/aromatic N) is 2. The van der Waals surface area contributed by atoms with Gasteiger partial charge in [-0.3, -0.25) is 4.72 Å². The van der Waals surface area contributed by atoms with Gasteiger partial charge in [0.25, 0.3) is 10.0 Å². The van der Waals surface area contributed by atoms with E-state index >= 15 is 0 Å². The molecule has 0 aliphatic rings. The fourth-order valence-corrected chi connectivity index (χ4v) is 5.70. The van der Waals surface area contributed by atoms with E-state index in [2.05, 4.69) is 13.5 Å². The second-order valence-electron chi connectivity index (χ2n) is 6.80. The summed E-state index contributed by atoms with van der Waals surface area (Å²) in [4.78, 5) is 13.5. The van der Waals surface area contributed by atoms with Gasteiger partial charge in [-0.1, -0.05) is 19.9 Å². The zero-order valence-corrected chi connectivity index (χ0v) is 18.4. The summed E-state index contributed by atoms with van der Waals surface area (Å²) >= 11 is 2.17. The molecular weight excluding hydrogens is 418 g/mol. The van der Waals surface area contributed by atoms with Crippen molar-refractivity contribution in [3.05, 3.63) is 34.2 Å². The number of sulfonamides is 1. The molecule has 0 aliphatic heterocycles. The van der Waals surface area contributed by atoms with Gasteiger partial charge in [0.05, 0.1) is 23.9 Å².